The largest absolute Gasteiger partial charge is 0.373 e. The van der Waals surface area contributed by atoms with E-state index < -0.39 is 0 Å². The number of fused-ring (bicyclic) bond motifs is 1. The number of aromatic amines is 1. The standard InChI is InChI=1S/C21H22ClN3OS/c22-16-7-5-15(6-8-16)14-27-21-19(13-23)17-3-1-2-4-18(17)20(24-21)25-9-11-26-12-10-25/h5-8H,1-4,9-12,14H2/p+1. The van der Waals surface area contributed by atoms with Crippen LogP contribution in [0.4, 0.5) is 5.82 Å². The summed E-state index contributed by atoms with van der Waals surface area (Å²) in [5.74, 6) is 2.01. The van der Waals surface area contributed by atoms with Crippen LogP contribution in [-0.2, 0) is 23.3 Å². The maximum Gasteiger partial charge on any atom is 0.278 e. The number of morpholine rings is 1. The molecule has 1 saturated heterocycles. The van der Waals surface area contributed by atoms with Crippen molar-refractivity contribution in [3.8, 4) is 6.07 Å². The van der Waals surface area contributed by atoms with Gasteiger partial charge < -0.3 is 4.74 Å². The predicted octanol–water partition coefficient (Wildman–Crippen LogP) is 4.03. The number of nitrogens with one attached hydrogen (secondary N) is 1. The fraction of sp³-hybridized carbons (Fsp3) is 0.429. The minimum absolute atomic E-state index is 0.747. The Kier molecular flexibility index (Phi) is 5.87. The molecular weight excluding hydrogens is 378 g/mol. The maximum atomic E-state index is 9.87. The van der Waals surface area contributed by atoms with Crippen molar-refractivity contribution in [2.24, 2.45) is 0 Å². The molecule has 2 aliphatic rings. The van der Waals surface area contributed by atoms with Crippen LogP contribution in [0, 0.1) is 11.3 Å². The molecule has 1 aromatic heterocycles. The zero-order chi connectivity index (χ0) is 18.6. The lowest BCUT2D eigenvalue weighted by Crippen LogP contribution is -2.41. The van der Waals surface area contributed by atoms with E-state index in [1.54, 1.807) is 11.8 Å². The van der Waals surface area contributed by atoms with Gasteiger partial charge in [0, 0.05) is 16.3 Å². The summed E-state index contributed by atoms with van der Waals surface area (Å²) in [7, 11) is 0. The van der Waals surface area contributed by atoms with Crippen LogP contribution in [0.1, 0.15) is 35.1 Å². The molecule has 0 bridgehead atoms. The van der Waals surface area contributed by atoms with Crippen molar-refractivity contribution >= 4 is 29.2 Å². The Labute approximate surface area is 169 Å². The fourth-order valence-electron chi connectivity index (χ4n) is 3.84. The summed E-state index contributed by atoms with van der Waals surface area (Å²) < 4.78 is 5.53. The molecule has 1 N–H and O–H groups in total. The number of aromatic nitrogens is 1. The Morgan fingerprint density at radius 3 is 2.52 bits per heavy atom. The smallest absolute Gasteiger partial charge is 0.278 e. The molecule has 1 aliphatic heterocycles. The Morgan fingerprint density at radius 2 is 1.81 bits per heavy atom. The SMILES string of the molecule is N#Cc1c(SCc2ccc(Cl)cc2)[nH+]c(N2CCOCC2)c2c1CCCC2. The molecule has 0 unspecified atom stereocenters. The lowest BCUT2D eigenvalue weighted by molar-refractivity contribution is -0.414. The zero-order valence-corrected chi connectivity index (χ0v) is 16.8. The normalized spacial score (nSPS) is 16.7. The predicted molar refractivity (Wildman–Crippen MR) is 108 cm³/mol. The summed E-state index contributed by atoms with van der Waals surface area (Å²) in [5, 5.41) is 11.6. The van der Waals surface area contributed by atoms with Gasteiger partial charge in [0.25, 0.3) is 5.82 Å². The van der Waals surface area contributed by atoms with Gasteiger partial charge in [-0.15, -0.1) is 0 Å². The average molecular weight is 401 g/mol. The minimum Gasteiger partial charge on any atom is -0.373 e. The molecule has 1 aliphatic carbocycles. The number of benzene rings is 1. The van der Waals surface area contributed by atoms with E-state index in [4.69, 9.17) is 16.3 Å². The Balaban J connectivity index is 1.68. The first-order valence-corrected chi connectivity index (χ1v) is 10.8. The van der Waals surface area contributed by atoms with Gasteiger partial charge in [-0.1, -0.05) is 35.5 Å². The second kappa shape index (κ2) is 8.52. The molecule has 4 nitrogen and oxygen atoms in total. The van der Waals surface area contributed by atoms with Gasteiger partial charge in [-0.2, -0.15) is 5.26 Å². The van der Waals surface area contributed by atoms with E-state index in [9.17, 15) is 5.26 Å². The Morgan fingerprint density at radius 1 is 1.11 bits per heavy atom. The van der Waals surface area contributed by atoms with E-state index in [0.29, 0.717) is 0 Å². The highest BCUT2D eigenvalue weighted by atomic mass is 35.5. The van der Waals surface area contributed by atoms with Gasteiger partial charge in [-0.3, -0.25) is 4.90 Å². The number of anilines is 1. The molecule has 0 atom stereocenters. The van der Waals surface area contributed by atoms with Crippen molar-refractivity contribution in [1.29, 1.82) is 5.26 Å². The number of H-pyrrole nitrogens is 1. The lowest BCUT2D eigenvalue weighted by atomic mass is 9.89. The molecule has 6 heteroatoms. The van der Waals surface area contributed by atoms with Crippen LogP contribution < -0.4 is 9.88 Å². The van der Waals surface area contributed by atoms with Crippen molar-refractivity contribution in [2.45, 2.75) is 36.5 Å². The number of halogens is 1. The summed E-state index contributed by atoms with van der Waals surface area (Å²) in [5.41, 5.74) is 4.63. The first-order valence-electron chi connectivity index (χ1n) is 9.47. The molecule has 0 amide bonds. The van der Waals surface area contributed by atoms with Crippen molar-refractivity contribution in [3.63, 3.8) is 0 Å². The molecule has 1 aromatic carbocycles. The first kappa shape index (κ1) is 18.6. The van der Waals surface area contributed by atoms with Gasteiger partial charge in [0.15, 0.2) is 5.03 Å². The van der Waals surface area contributed by atoms with Crippen LogP contribution in [0.5, 0.6) is 0 Å². The molecular formula is C21H23ClN3OS+. The molecule has 4 rings (SSSR count). The molecule has 2 heterocycles. The van der Waals surface area contributed by atoms with Crippen molar-refractivity contribution in [2.75, 3.05) is 31.2 Å². The number of rotatable bonds is 4. The van der Waals surface area contributed by atoms with E-state index in [-0.39, 0.29) is 0 Å². The molecule has 0 saturated carbocycles. The van der Waals surface area contributed by atoms with Crippen LogP contribution in [0.25, 0.3) is 0 Å². The zero-order valence-electron chi connectivity index (χ0n) is 15.3. The van der Waals surface area contributed by atoms with Gasteiger partial charge in [0.1, 0.15) is 24.7 Å². The summed E-state index contributed by atoms with van der Waals surface area (Å²) in [4.78, 5) is 6.02. The van der Waals surface area contributed by atoms with Crippen molar-refractivity contribution in [1.82, 2.24) is 0 Å². The van der Waals surface area contributed by atoms with E-state index in [0.717, 1.165) is 66.9 Å². The van der Waals surface area contributed by atoms with Crippen LogP contribution in [0.15, 0.2) is 29.3 Å². The number of nitriles is 1. The summed E-state index contributed by atoms with van der Waals surface area (Å²) in [6.45, 7) is 3.32. The van der Waals surface area contributed by atoms with Gasteiger partial charge in [0.05, 0.1) is 13.2 Å². The summed E-state index contributed by atoms with van der Waals surface area (Å²) in [6, 6.07) is 10.4. The maximum absolute atomic E-state index is 9.87. The number of pyridine rings is 1. The third-order valence-electron chi connectivity index (χ3n) is 5.25. The molecule has 27 heavy (non-hydrogen) atoms. The second-order valence-corrected chi connectivity index (χ2v) is 8.39. The average Bonchev–Trinajstić information content (AvgIpc) is 2.73. The number of ether oxygens (including phenoxy) is 1. The molecule has 1 fully saturated rings. The Bertz CT molecular complexity index is 857. The fourth-order valence-corrected chi connectivity index (χ4v) is 4.96. The second-order valence-electron chi connectivity index (χ2n) is 6.97. The van der Waals surface area contributed by atoms with Crippen molar-refractivity contribution in [3.05, 3.63) is 51.5 Å². The summed E-state index contributed by atoms with van der Waals surface area (Å²) in [6.07, 6.45) is 4.41. The highest BCUT2D eigenvalue weighted by Crippen LogP contribution is 2.34. The number of thioether (sulfide) groups is 1. The van der Waals surface area contributed by atoms with Gasteiger partial charge in [0.2, 0.25) is 0 Å². The molecule has 0 radical (unpaired) electrons. The quantitative estimate of drug-likeness (QED) is 0.727. The van der Waals surface area contributed by atoms with E-state index >= 15 is 0 Å². The van der Waals surface area contributed by atoms with Gasteiger partial charge in [-0.25, -0.2) is 4.98 Å². The first-order chi connectivity index (χ1) is 13.3. The lowest BCUT2D eigenvalue weighted by Gasteiger charge is -2.26. The number of nitrogens with zero attached hydrogens (tertiary/aromatic N) is 2. The molecule has 0 spiro atoms. The van der Waals surface area contributed by atoms with Crippen molar-refractivity contribution < 1.29 is 9.72 Å². The number of hydrogen-bond donors (Lipinski definition) is 0. The highest BCUT2D eigenvalue weighted by Gasteiger charge is 2.30. The third-order valence-corrected chi connectivity index (χ3v) is 6.57. The van der Waals surface area contributed by atoms with Crippen LogP contribution in [0.3, 0.4) is 0 Å². The monoisotopic (exact) mass is 400 g/mol. The van der Waals surface area contributed by atoms with E-state index in [1.807, 2.05) is 24.3 Å². The van der Waals surface area contributed by atoms with Crippen LogP contribution in [0.2, 0.25) is 5.02 Å². The van der Waals surface area contributed by atoms with Gasteiger partial charge >= 0.3 is 0 Å². The Hall–Kier alpha value is -1.74. The van der Waals surface area contributed by atoms with Crippen LogP contribution >= 0.6 is 23.4 Å². The number of hydrogen-bond acceptors (Lipinski definition) is 4. The third kappa shape index (κ3) is 4.08. The molecule has 2 aromatic rings. The van der Waals surface area contributed by atoms with Gasteiger partial charge in [-0.05, 0) is 48.9 Å². The summed E-state index contributed by atoms with van der Waals surface area (Å²) >= 11 is 7.69. The van der Waals surface area contributed by atoms with E-state index in [2.05, 4.69) is 16.0 Å². The molecule has 140 valence electrons. The van der Waals surface area contributed by atoms with Crippen LogP contribution in [-0.4, -0.2) is 26.3 Å². The topological polar surface area (TPSA) is 50.4 Å². The minimum atomic E-state index is 0.747. The van der Waals surface area contributed by atoms with E-state index in [1.165, 1.54) is 28.9 Å². The highest BCUT2D eigenvalue weighted by molar-refractivity contribution is 7.98.